The summed E-state index contributed by atoms with van der Waals surface area (Å²) in [6.07, 6.45) is 8.09. The van der Waals surface area contributed by atoms with Gasteiger partial charge in [0.25, 0.3) is 5.91 Å². The average molecular weight is 661 g/mol. The van der Waals surface area contributed by atoms with E-state index in [1.807, 2.05) is 71.3 Å². The molecule has 3 amide bonds. The minimum Gasteiger partial charge on any atom is -0.409 e. The molecule has 3 fully saturated rings. The first-order valence-corrected chi connectivity index (χ1v) is 18.0. The lowest BCUT2D eigenvalue weighted by Gasteiger charge is -2.33. The molecule has 2 aromatic carbocycles. The van der Waals surface area contributed by atoms with Gasteiger partial charge in [-0.25, -0.2) is 4.79 Å². The van der Waals surface area contributed by atoms with E-state index in [0.29, 0.717) is 30.4 Å². The van der Waals surface area contributed by atoms with Crippen molar-refractivity contribution in [3.05, 3.63) is 65.7 Å². The van der Waals surface area contributed by atoms with Gasteiger partial charge >= 0.3 is 18.0 Å². The first-order chi connectivity index (χ1) is 23.0. The third-order valence-electron chi connectivity index (χ3n) is 9.49. The maximum absolute atomic E-state index is 13.5. The van der Waals surface area contributed by atoms with E-state index in [1.54, 1.807) is 0 Å². The van der Waals surface area contributed by atoms with E-state index in [2.05, 4.69) is 16.1 Å². The maximum Gasteiger partial charge on any atom is 0.315 e. The minimum absolute atomic E-state index is 0.0926. The number of ether oxygens (including phenoxy) is 1. The van der Waals surface area contributed by atoms with E-state index >= 15 is 0 Å². The van der Waals surface area contributed by atoms with Crippen LogP contribution in [0.4, 0.5) is 4.79 Å². The second-order valence-corrected chi connectivity index (χ2v) is 14.0. The van der Waals surface area contributed by atoms with Gasteiger partial charge in [-0.3, -0.25) is 14.4 Å². The third kappa shape index (κ3) is 8.37. The third-order valence-corrected chi connectivity index (χ3v) is 11.0. The van der Waals surface area contributed by atoms with E-state index in [9.17, 15) is 19.2 Å². The van der Waals surface area contributed by atoms with Gasteiger partial charge in [0, 0.05) is 43.0 Å². The number of thioether (sulfide) groups is 1. The van der Waals surface area contributed by atoms with Gasteiger partial charge in [0.1, 0.15) is 5.75 Å². The number of fused-ring (bicyclic) bond motifs is 2. The van der Waals surface area contributed by atoms with E-state index in [1.165, 1.54) is 0 Å². The summed E-state index contributed by atoms with van der Waals surface area (Å²) in [7, 11) is 0. The number of benzene rings is 2. The van der Waals surface area contributed by atoms with Crippen molar-refractivity contribution in [2.45, 2.75) is 94.0 Å². The molecule has 47 heavy (non-hydrogen) atoms. The predicted octanol–water partition coefficient (Wildman–Crippen LogP) is 5.23. The number of hydrogen-bond acceptors (Lipinski definition) is 8. The van der Waals surface area contributed by atoms with Crippen LogP contribution in [-0.4, -0.2) is 71.0 Å². The molecule has 11 heteroatoms. The summed E-state index contributed by atoms with van der Waals surface area (Å²) < 4.78 is 4.99. The van der Waals surface area contributed by atoms with Gasteiger partial charge in [0.2, 0.25) is 0 Å². The Balaban J connectivity index is 0.851. The Morgan fingerprint density at radius 2 is 1.66 bits per heavy atom. The predicted molar refractivity (Wildman–Crippen MR) is 181 cm³/mol. The Kier molecular flexibility index (Phi) is 11.2. The molecule has 0 radical (unpaired) electrons. The molecule has 4 atom stereocenters. The highest BCUT2D eigenvalue weighted by Gasteiger charge is 2.42. The molecule has 6 rings (SSSR count). The second kappa shape index (κ2) is 15.8. The highest BCUT2D eigenvalue weighted by molar-refractivity contribution is 8.00. The molecule has 0 aliphatic carbocycles. The largest absolute Gasteiger partial charge is 0.409 e. The second-order valence-electron chi connectivity index (χ2n) is 12.8. The number of amides is 3. The van der Waals surface area contributed by atoms with Crippen molar-refractivity contribution in [2.75, 3.05) is 18.8 Å². The first kappa shape index (κ1) is 33.1. The number of hydroxylamine groups is 1. The van der Waals surface area contributed by atoms with Crippen LogP contribution in [0, 0.1) is 0 Å². The molecule has 2 aromatic rings. The van der Waals surface area contributed by atoms with Crippen LogP contribution < -0.4 is 21.0 Å². The van der Waals surface area contributed by atoms with Crippen molar-refractivity contribution in [3.63, 3.8) is 0 Å². The highest BCUT2D eigenvalue weighted by atomic mass is 32.2. The fourth-order valence-electron chi connectivity index (χ4n) is 7.08. The Bertz CT molecular complexity index is 1470. The molecule has 4 aliphatic heterocycles. The summed E-state index contributed by atoms with van der Waals surface area (Å²) in [6, 6.07) is 18.4. The van der Waals surface area contributed by atoms with Gasteiger partial charge in [-0.1, -0.05) is 55.3 Å². The number of esters is 2. The van der Waals surface area contributed by atoms with Crippen LogP contribution in [-0.2, 0) is 19.1 Å². The zero-order valence-corrected chi connectivity index (χ0v) is 27.5. The SMILES string of the molecule is O=C1N[C@H]2[C@H](CS[C@H]2CCCCC(=O)OC(=O)CCCCCNOc2ccc(C3=C(c4ccccc4)C(=O)N4CCCC4C3)cc2)N1. The minimum atomic E-state index is -0.473. The van der Waals surface area contributed by atoms with Gasteiger partial charge in [-0.15, -0.1) is 0 Å². The molecule has 3 saturated heterocycles. The average Bonchev–Trinajstić information content (AvgIpc) is 3.80. The molecule has 10 nitrogen and oxygen atoms in total. The lowest BCUT2D eigenvalue weighted by atomic mass is 9.85. The number of rotatable bonds is 15. The zero-order chi connectivity index (χ0) is 32.6. The first-order valence-electron chi connectivity index (χ1n) is 17.0. The van der Waals surface area contributed by atoms with Gasteiger partial charge in [0.05, 0.1) is 17.7 Å². The van der Waals surface area contributed by atoms with E-state index in [-0.39, 0.29) is 42.9 Å². The lowest BCUT2D eigenvalue weighted by Crippen LogP contribution is -2.39. The van der Waals surface area contributed by atoms with E-state index in [0.717, 1.165) is 79.5 Å². The molecule has 4 heterocycles. The monoisotopic (exact) mass is 660 g/mol. The van der Waals surface area contributed by atoms with Crippen molar-refractivity contribution < 1.29 is 28.8 Å². The number of nitrogens with zero attached hydrogens (tertiary/aromatic N) is 1. The van der Waals surface area contributed by atoms with Crippen molar-refractivity contribution in [3.8, 4) is 5.75 Å². The molecule has 3 N–H and O–H groups in total. The molecule has 0 saturated carbocycles. The van der Waals surface area contributed by atoms with Crippen LogP contribution in [0.5, 0.6) is 5.75 Å². The zero-order valence-electron chi connectivity index (χ0n) is 26.7. The van der Waals surface area contributed by atoms with Crippen LogP contribution in [0.2, 0.25) is 0 Å². The Hall–Kier alpha value is -3.83. The number of unbranched alkanes of at least 4 members (excludes halogenated alkanes) is 3. The number of nitrogens with one attached hydrogen (secondary N) is 3. The standard InChI is InChI=1S/C36H44N4O6S/c41-31(45-32(42)15-7-6-13-30-34-29(23-47-30)38-36(44)39-34)14-5-2-8-20-37-46-27-18-16-24(17-19-27)28-22-26-12-9-21-40(26)35(43)33(28)25-10-3-1-4-11-25/h1,3-4,10-11,16-19,26,29-30,34,37H,2,5-9,12-15,20-23H2,(H2,38,39,44)/t26?,29-,30-,34-/m0/s1. The van der Waals surface area contributed by atoms with Gasteiger partial charge in [-0.05, 0) is 73.8 Å². The van der Waals surface area contributed by atoms with E-state index < -0.39 is 11.9 Å². The molecule has 4 aliphatic rings. The fraction of sp³-hybridized carbons (Fsp3) is 0.500. The van der Waals surface area contributed by atoms with Gasteiger partial charge in [-0.2, -0.15) is 17.2 Å². The van der Waals surface area contributed by atoms with Crippen molar-refractivity contribution in [1.82, 2.24) is 21.0 Å². The Labute approximate surface area is 280 Å². The smallest absolute Gasteiger partial charge is 0.315 e. The quantitative estimate of drug-likeness (QED) is 0.0780. The van der Waals surface area contributed by atoms with E-state index in [4.69, 9.17) is 9.57 Å². The fourth-order valence-corrected chi connectivity index (χ4v) is 8.62. The highest BCUT2D eigenvalue weighted by Crippen LogP contribution is 2.41. The molecule has 0 aromatic heterocycles. The van der Waals surface area contributed by atoms with Gasteiger partial charge < -0.3 is 25.1 Å². The van der Waals surface area contributed by atoms with Crippen molar-refractivity contribution in [1.29, 1.82) is 0 Å². The summed E-state index contributed by atoms with van der Waals surface area (Å²) in [5, 5.41) is 6.27. The number of urea groups is 1. The Morgan fingerprint density at radius 3 is 2.45 bits per heavy atom. The van der Waals surface area contributed by atoms with Crippen LogP contribution in [0.25, 0.3) is 11.1 Å². The number of carbonyl (C=O) groups excluding carboxylic acids is 4. The molecular formula is C36H44N4O6S. The van der Waals surface area contributed by atoms with Crippen LogP contribution in [0.3, 0.4) is 0 Å². The van der Waals surface area contributed by atoms with Crippen LogP contribution >= 0.6 is 11.8 Å². The topological polar surface area (TPSA) is 126 Å². The number of hydrogen-bond donors (Lipinski definition) is 3. The Morgan fingerprint density at radius 1 is 0.894 bits per heavy atom. The summed E-state index contributed by atoms with van der Waals surface area (Å²) in [4.78, 5) is 56.9. The lowest BCUT2D eigenvalue weighted by molar-refractivity contribution is -0.159. The summed E-state index contributed by atoms with van der Waals surface area (Å²) in [6.45, 7) is 1.45. The molecule has 1 unspecified atom stereocenters. The maximum atomic E-state index is 13.5. The van der Waals surface area contributed by atoms with Crippen molar-refractivity contribution in [2.24, 2.45) is 0 Å². The van der Waals surface area contributed by atoms with Crippen molar-refractivity contribution >= 4 is 46.8 Å². The molecule has 0 bridgehead atoms. The summed E-state index contributed by atoms with van der Waals surface area (Å²) in [5.41, 5.74) is 6.89. The molecular weight excluding hydrogens is 616 g/mol. The summed E-state index contributed by atoms with van der Waals surface area (Å²) in [5.74, 6) is 0.799. The normalized spacial score (nSPS) is 23.3. The molecule has 0 spiro atoms. The molecule has 250 valence electrons. The number of carbonyl (C=O) groups is 4. The van der Waals surface area contributed by atoms with Crippen LogP contribution in [0.1, 0.15) is 81.8 Å². The summed E-state index contributed by atoms with van der Waals surface area (Å²) >= 11 is 1.86. The van der Waals surface area contributed by atoms with Crippen LogP contribution in [0.15, 0.2) is 54.6 Å². The van der Waals surface area contributed by atoms with Gasteiger partial charge in [0.15, 0.2) is 0 Å².